The highest BCUT2D eigenvalue weighted by Gasteiger charge is 2.30. The van der Waals surface area contributed by atoms with E-state index < -0.39 is 15.9 Å². The first kappa shape index (κ1) is 16.0. The average molecular weight is 355 g/mol. The summed E-state index contributed by atoms with van der Waals surface area (Å²) >= 11 is 5.85. The van der Waals surface area contributed by atoms with Gasteiger partial charge in [-0.1, -0.05) is 17.7 Å². The van der Waals surface area contributed by atoms with E-state index in [1.165, 1.54) is 16.4 Å². The fourth-order valence-electron chi connectivity index (χ4n) is 2.40. The van der Waals surface area contributed by atoms with Gasteiger partial charge in [0.25, 0.3) is 15.9 Å². The highest BCUT2D eigenvalue weighted by Crippen LogP contribution is 2.23. The first-order valence-corrected chi connectivity index (χ1v) is 8.95. The minimum Gasteiger partial charge on any atom is -0.438 e. The molecule has 1 amide bonds. The van der Waals surface area contributed by atoms with Gasteiger partial charge in [-0.2, -0.15) is 4.31 Å². The van der Waals surface area contributed by atoms with Crippen LogP contribution in [-0.2, 0) is 10.0 Å². The van der Waals surface area contributed by atoms with Gasteiger partial charge in [0.2, 0.25) is 5.09 Å². The summed E-state index contributed by atoms with van der Waals surface area (Å²) in [4.78, 5) is 12.1. The lowest BCUT2D eigenvalue weighted by Crippen LogP contribution is -2.27. The number of furan rings is 1. The molecule has 0 saturated carbocycles. The molecular formula is C15H15ClN2O4S. The van der Waals surface area contributed by atoms with Crippen LogP contribution in [-0.4, -0.2) is 31.7 Å². The maximum Gasteiger partial charge on any atom is 0.291 e. The largest absolute Gasteiger partial charge is 0.438 e. The summed E-state index contributed by atoms with van der Waals surface area (Å²) in [6.07, 6.45) is 1.67. The van der Waals surface area contributed by atoms with Crippen LogP contribution >= 0.6 is 11.6 Å². The third kappa shape index (κ3) is 3.41. The van der Waals surface area contributed by atoms with E-state index in [1.54, 1.807) is 24.3 Å². The number of carbonyl (C=O) groups excluding carboxylic acids is 1. The Balaban J connectivity index is 1.77. The summed E-state index contributed by atoms with van der Waals surface area (Å²) in [5.74, 6) is -0.599. The summed E-state index contributed by atoms with van der Waals surface area (Å²) in [5, 5.41) is 2.88. The lowest BCUT2D eigenvalue weighted by Gasteiger charge is -2.12. The van der Waals surface area contributed by atoms with Gasteiger partial charge in [-0.3, -0.25) is 4.79 Å². The van der Waals surface area contributed by atoms with E-state index in [9.17, 15) is 13.2 Å². The third-order valence-electron chi connectivity index (χ3n) is 3.55. The van der Waals surface area contributed by atoms with Gasteiger partial charge in [-0.25, -0.2) is 8.42 Å². The Bertz CT molecular complexity index is 826. The highest BCUT2D eigenvalue weighted by atomic mass is 35.5. The van der Waals surface area contributed by atoms with Crippen LogP contribution in [0.25, 0.3) is 0 Å². The van der Waals surface area contributed by atoms with Crippen LogP contribution in [0, 0.1) is 0 Å². The Hall–Kier alpha value is -1.83. The van der Waals surface area contributed by atoms with Crippen molar-refractivity contribution in [2.75, 3.05) is 18.4 Å². The van der Waals surface area contributed by atoms with Gasteiger partial charge in [-0.05, 0) is 43.2 Å². The Kier molecular flexibility index (Phi) is 4.43. The second-order valence-corrected chi connectivity index (χ2v) is 7.50. The zero-order valence-corrected chi connectivity index (χ0v) is 13.7. The molecule has 122 valence electrons. The molecule has 2 aromatic rings. The molecule has 1 aromatic heterocycles. The number of halogens is 1. The molecule has 1 N–H and O–H groups in total. The zero-order chi connectivity index (χ0) is 16.4. The number of benzene rings is 1. The quantitative estimate of drug-likeness (QED) is 0.915. The molecule has 1 saturated heterocycles. The molecule has 0 unspecified atom stereocenters. The Labute approximate surface area is 139 Å². The number of hydrogen-bond donors (Lipinski definition) is 1. The number of carbonyl (C=O) groups is 1. The van der Waals surface area contributed by atoms with Crippen LogP contribution in [0.15, 0.2) is 45.9 Å². The van der Waals surface area contributed by atoms with E-state index in [0.717, 1.165) is 12.8 Å². The molecule has 0 radical (unpaired) electrons. The maximum atomic E-state index is 12.4. The summed E-state index contributed by atoms with van der Waals surface area (Å²) in [5.41, 5.74) is 0.503. The molecule has 0 aliphatic carbocycles. The van der Waals surface area contributed by atoms with Crippen molar-refractivity contribution in [3.05, 3.63) is 47.2 Å². The van der Waals surface area contributed by atoms with Gasteiger partial charge in [0.1, 0.15) is 0 Å². The number of amides is 1. The van der Waals surface area contributed by atoms with E-state index in [0.29, 0.717) is 23.8 Å². The number of nitrogens with one attached hydrogen (secondary N) is 1. The number of hydrogen-bond acceptors (Lipinski definition) is 4. The Morgan fingerprint density at radius 1 is 1.17 bits per heavy atom. The topological polar surface area (TPSA) is 79.6 Å². The van der Waals surface area contributed by atoms with Crippen LogP contribution in [0.4, 0.5) is 5.69 Å². The molecular weight excluding hydrogens is 340 g/mol. The molecule has 3 rings (SSSR count). The molecule has 0 spiro atoms. The van der Waals surface area contributed by atoms with Crippen LogP contribution in [0.2, 0.25) is 5.02 Å². The van der Waals surface area contributed by atoms with Crippen molar-refractivity contribution < 1.29 is 17.6 Å². The third-order valence-corrected chi connectivity index (χ3v) is 5.55. The zero-order valence-electron chi connectivity index (χ0n) is 12.2. The van der Waals surface area contributed by atoms with Crippen LogP contribution in [0.3, 0.4) is 0 Å². The number of sulfonamides is 1. The summed E-state index contributed by atoms with van der Waals surface area (Å²) < 4.78 is 31.3. The number of anilines is 1. The van der Waals surface area contributed by atoms with Crippen molar-refractivity contribution >= 4 is 33.2 Å². The number of nitrogens with zero attached hydrogens (tertiary/aromatic N) is 1. The molecule has 1 fully saturated rings. The molecule has 2 heterocycles. The van der Waals surface area contributed by atoms with Crippen molar-refractivity contribution in [2.45, 2.75) is 17.9 Å². The van der Waals surface area contributed by atoms with E-state index >= 15 is 0 Å². The van der Waals surface area contributed by atoms with Crippen molar-refractivity contribution in [1.29, 1.82) is 0 Å². The maximum absolute atomic E-state index is 12.4. The SMILES string of the molecule is O=C(Nc1cccc(Cl)c1)c1ccc(S(=O)(=O)N2CCCC2)o1. The molecule has 0 atom stereocenters. The van der Waals surface area contributed by atoms with Crippen LogP contribution in [0.5, 0.6) is 0 Å². The normalized spacial score (nSPS) is 15.7. The van der Waals surface area contributed by atoms with Crippen molar-refractivity contribution in [2.24, 2.45) is 0 Å². The van der Waals surface area contributed by atoms with Gasteiger partial charge in [0.15, 0.2) is 5.76 Å². The van der Waals surface area contributed by atoms with E-state index in [2.05, 4.69) is 5.32 Å². The minimum absolute atomic E-state index is 0.0669. The molecule has 8 heteroatoms. The molecule has 1 aliphatic rings. The lowest BCUT2D eigenvalue weighted by atomic mass is 10.3. The molecule has 23 heavy (non-hydrogen) atoms. The molecule has 0 bridgehead atoms. The summed E-state index contributed by atoms with van der Waals surface area (Å²) in [7, 11) is -3.67. The Morgan fingerprint density at radius 3 is 2.61 bits per heavy atom. The molecule has 6 nitrogen and oxygen atoms in total. The monoisotopic (exact) mass is 354 g/mol. The van der Waals surface area contributed by atoms with Gasteiger partial charge in [0.05, 0.1) is 0 Å². The smallest absolute Gasteiger partial charge is 0.291 e. The van der Waals surface area contributed by atoms with Crippen molar-refractivity contribution in [3.8, 4) is 0 Å². The van der Waals surface area contributed by atoms with Gasteiger partial charge >= 0.3 is 0 Å². The first-order valence-electron chi connectivity index (χ1n) is 7.14. The van der Waals surface area contributed by atoms with Crippen LogP contribution < -0.4 is 5.32 Å². The predicted octanol–water partition coefficient (Wildman–Crippen LogP) is 2.97. The molecule has 1 aliphatic heterocycles. The first-order chi connectivity index (χ1) is 11.0. The second kappa shape index (κ2) is 6.35. The van der Waals surface area contributed by atoms with Crippen molar-refractivity contribution in [3.63, 3.8) is 0 Å². The predicted molar refractivity (Wildman–Crippen MR) is 86.1 cm³/mol. The highest BCUT2D eigenvalue weighted by molar-refractivity contribution is 7.89. The lowest BCUT2D eigenvalue weighted by molar-refractivity contribution is 0.0991. The van der Waals surface area contributed by atoms with Gasteiger partial charge < -0.3 is 9.73 Å². The standard InChI is InChI=1S/C15H15ClN2O4S/c16-11-4-3-5-12(10-11)17-15(19)13-6-7-14(22-13)23(20,21)18-8-1-2-9-18/h3-7,10H,1-2,8-9H2,(H,17,19). The van der Waals surface area contributed by atoms with Crippen molar-refractivity contribution in [1.82, 2.24) is 4.31 Å². The molecule has 1 aromatic carbocycles. The summed E-state index contributed by atoms with van der Waals surface area (Å²) in [6, 6.07) is 9.30. The van der Waals surface area contributed by atoms with E-state index in [1.807, 2.05) is 0 Å². The fourth-order valence-corrected chi connectivity index (χ4v) is 4.01. The fraction of sp³-hybridized carbons (Fsp3) is 0.267. The van der Waals surface area contributed by atoms with E-state index in [4.69, 9.17) is 16.0 Å². The second-order valence-electron chi connectivity index (χ2n) is 5.19. The van der Waals surface area contributed by atoms with Gasteiger partial charge in [0, 0.05) is 23.8 Å². The van der Waals surface area contributed by atoms with Crippen LogP contribution in [0.1, 0.15) is 23.4 Å². The van der Waals surface area contributed by atoms with Gasteiger partial charge in [-0.15, -0.1) is 0 Å². The summed E-state index contributed by atoms with van der Waals surface area (Å²) in [6.45, 7) is 0.958. The average Bonchev–Trinajstić information content (AvgIpc) is 3.19. The Morgan fingerprint density at radius 2 is 1.91 bits per heavy atom. The van der Waals surface area contributed by atoms with E-state index in [-0.39, 0.29) is 10.9 Å². The number of rotatable bonds is 4. The minimum atomic E-state index is -3.67.